The van der Waals surface area contributed by atoms with E-state index < -0.39 is 0 Å². The molecule has 3 rings (SSSR count). The molecule has 1 N–H and O–H groups in total. The molecule has 0 amide bonds. The van der Waals surface area contributed by atoms with Crippen LogP contribution in [0.15, 0.2) is 42.5 Å². The van der Waals surface area contributed by atoms with Gasteiger partial charge in [-0.25, -0.2) is 4.39 Å². The third-order valence-corrected chi connectivity index (χ3v) is 3.78. The highest BCUT2D eigenvalue weighted by Gasteiger charge is 2.22. The number of hydrogen-bond donors (Lipinski definition) is 1. The van der Waals surface area contributed by atoms with Gasteiger partial charge in [-0.05, 0) is 29.8 Å². The number of halogens is 2. The van der Waals surface area contributed by atoms with Crippen molar-refractivity contribution in [3.63, 3.8) is 0 Å². The fourth-order valence-electron chi connectivity index (χ4n) is 2.41. The summed E-state index contributed by atoms with van der Waals surface area (Å²) in [4.78, 5) is 0. The molecule has 1 heterocycles. The van der Waals surface area contributed by atoms with E-state index in [9.17, 15) is 4.39 Å². The molecule has 0 aliphatic carbocycles. The van der Waals surface area contributed by atoms with Gasteiger partial charge in [-0.1, -0.05) is 29.8 Å². The van der Waals surface area contributed by atoms with Crippen molar-refractivity contribution in [2.45, 2.75) is 19.1 Å². The topological polar surface area (TPSA) is 21.3 Å². The fourth-order valence-corrected chi connectivity index (χ4v) is 2.61. The average Bonchev–Trinajstić information content (AvgIpc) is 2.83. The van der Waals surface area contributed by atoms with Crippen LogP contribution in [0.2, 0.25) is 5.02 Å². The Morgan fingerprint density at radius 2 is 2.10 bits per heavy atom. The summed E-state index contributed by atoms with van der Waals surface area (Å²) in [5.41, 5.74) is 2.00. The molecular formula is C16H15ClFNO. The minimum atomic E-state index is -0.211. The van der Waals surface area contributed by atoms with Gasteiger partial charge in [0.05, 0.1) is 0 Å². The lowest BCUT2D eigenvalue weighted by atomic mass is 10.1. The molecule has 4 heteroatoms. The third kappa shape index (κ3) is 2.94. The van der Waals surface area contributed by atoms with Gasteiger partial charge in [-0.2, -0.15) is 0 Å². The Kier molecular flexibility index (Phi) is 3.90. The van der Waals surface area contributed by atoms with Crippen molar-refractivity contribution < 1.29 is 9.13 Å². The van der Waals surface area contributed by atoms with Crippen molar-refractivity contribution >= 4 is 11.6 Å². The Bertz CT molecular complexity index is 617. The molecule has 2 nitrogen and oxygen atoms in total. The lowest BCUT2D eigenvalue weighted by molar-refractivity contribution is 0.227. The molecule has 0 aromatic heterocycles. The van der Waals surface area contributed by atoms with E-state index in [4.69, 9.17) is 16.3 Å². The second-order valence-corrected chi connectivity index (χ2v) is 5.33. The summed E-state index contributed by atoms with van der Waals surface area (Å²) >= 11 is 6.10. The van der Waals surface area contributed by atoms with E-state index in [0.29, 0.717) is 13.1 Å². The zero-order chi connectivity index (χ0) is 13.9. The van der Waals surface area contributed by atoms with Crippen LogP contribution in [0.4, 0.5) is 4.39 Å². The lowest BCUT2D eigenvalue weighted by Gasteiger charge is -2.12. The van der Waals surface area contributed by atoms with Crippen molar-refractivity contribution in [3.05, 3.63) is 64.4 Å². The van der Waals surface area contributed by atoms with E-state index >= 15 is 0 Å². The van der Waals surface area contributed by atoms with E-state index in [1.165, 1.54) is 6.07 Å². The van der Waals surface area contributed by atoms with Gasteiger partial charge in [0.15, 0.2) is 0 Å². The zero-order valence-corrected chi connectivity index (χ0v) is 11.7. The van der Waals surface area contributed by atoms with Crippen LogP contribution >= 0.6 is 11.6 Å². The summed E-state index contributed by atoms with van der Waals surface area (Å²) in [6.07, 6.45) is 0.789. The molecule has 104 valence electrons. The summed E-state index contributed by atoms with van der Waals surface area (Å²) in [5.74, 6) is 0.577. The Labute approximate surface area is 122 Å². The Balaban J connectivity index is 1.53. The standard InChI is InChI=1S/C16H15ClFNO/c17-15-4-2-1-3-11(15)9-19-10-14-8-12-7-13(18)5-6-16(12)20-14/h1-7,14,19H,8-10H2. The van der Waals surface area contributed by atoms with Crippen molar-refractivity contribution in [2.24, 2.45) is 0 Å². The molecule has 20 heavy (non-hydrogen) atoms. The van der Waals surface area contributed by atoms with E-state index in [2.05, 4.69) is 5.32 Å². The number of rotatable bonds is 4. The number of benzene rings is 2. The molecule has 0 saturated carbocycles. The summed E-state index contributed by atoms with van der Waals surface area (Å²) < 4.78 is 18.9. The van der Waals surface area contributed by atoms with Gasteiger partial charge in [0, 0.05) is 30.1 Å². The summed E-state index contributed by atoms with van der Waals surface area (Å²) in [6.45, 7) is 1.41. The van der Waals surface area contributed by atoms with Crippen LogP contribution in [-0.2, 0) is 13.0 Å². The Morgan fingerprint density at radius 1 is 1.25 bits per heavy atom. The normalized spacial score (nSPS) is 16.8. The number of ether oxygens (including phenoxy) is 1. The quantitative estimate of drug-likeness (QED) is 0.930. The summed E-state index contributed by atoms with van der Waals surface area (Å²) in [5, 5.41) is 4.09. The van der Waals surface area contributed by atoms with Crippen LogP contribution in [0, 0.1) is 5.82 Å². The van der Waals surface area contributed by atoms with Gasteiger partial charge in [-0.3, -0.25) is 0 Å². The second kappa shape index (κ2) is 5.81. The highest BCUT2D eigenvalue weighted by molar-refractivity contribution is 6.31. The highest BCUT2D eigenvalue weighted by Crippen LogP contribution is 2.29. The van der Waals surface area contributed by atoms with E-state index in [1.807, 2.05) is 24.3 Å². The minimum absolute atomic E-state index is 0.0503. The molecule has 1 aliphatic heterocycles. The molecule has 2 aromatic carbocycles. The predicted octanol–water partition coefficient (Wildman–Crippen LogP) is 3.57. The molecule has 0 radical (unpaired) electrons. The van der Waals surface area contributed by atoms with Crippen molar-refractivity contribution in [1.82, 2.24) is 5.32 Å². The van der Waals surface area contributed by atoms with Crippen LogP contribution in [0.5, 0.6) is 5.75 Å². The first-order valence-electron chi connectivity index (χ1n) is 6.61. The molecule has 0 fully saturated rings. The van der Waals surface area contributed by atoms with Crippen LogP contribution in [0.3, 0.4) is 0 Å². The van der Waals surface area contributed by atoms with E-state index in [-0.39, 0.29) is 11.9 Å². The van der Waals surface area contributed by atoms with Crippen LogP contribution in [0.25, 0.3) is 0 Å². The molecule has 1 atom stereocenters. The van der Waals surface area contributed by atoms with Gasteiger partial charge in [0.1, 0.15) is 17.7 Å². The Hall–Kier alpha value is -1.58. The van der Waals surface area contributed by atoms with Gasteiger partial charge in [-0.15, -0.1) is 0 Å². The van der Waals surface area contributed by atoms with Gasteiger partial charge < -0.3 is 10.1 Å². The maximum absolute atomic E-state index is 13.1. The monoisotopic (exact) mass is 291 g/mol. The smallest absolute Gasteiger partial charge is 0.123 e. The van der Waals surface area contributed by atoms with Crippen LogP contribution < -0.4 is 10.1 Å². The Morgan fingerprint density at radius 3 is 2.95 bits per heavy atom. The van der Waals surface area contributed by atoms with Crippen molar-refractivity contribution in [2.75, 3.05) is 6.54 Å². The predicted molar refractivity (Wildman–Crippen MR) is 77.7 cm³/mol. The molecule has 0 spiro atoms. The molecule has 0 bridgehead atoms. The SMILES string of the molecule is Fc1ccc2c(c1)CC(CNCc1ccccc1Cl)O2. The molecule has 0 saturated heterocycles. The van der Waals surface area contributed by atoms with Crippen LogP contribution in [-0.4, -0.2) is 12.6 Å². The van der Waals surface area contributed by atoms with Gasteiger partial charge >= 0.3 is 0 Å². The number of fused-ring (bicyclic) bond motifs is 1. The summed E-state index contributed by atoms with van der Waals surface area (Å²) in [6, 6.07) is 12.4. The van der Waals surface area contributed by atoms with Gasteiger partial charge in [0.2, 0.25) is 0 Å². The van der Waals surface area contributed by atoms with Crippen LogP contribution in [0.1, 0.15) is 11.1 Å². The maximum Gasteiger partial charge on any atom is 0.123 e. The highest BCUT2D eigenvalue weighted by atomic mass is 35.5. The first kappa shape index (κ1) is 13.4. The maximum atomic E-state index is 13.1. The first-order chi connectivity index (χ1) is 9.72. The number of nitrogens with one attached hydrogen (secondary N) is 1. The second-order valence-electron chi connectivity index (χ2n) is 4.92. The van der Waals surface area contributed by atoms with Gasteiger partial charge in [0.25, 0.3) is 0 Å². The summed E-state index contributed by atoms with van der Waals surface area (Å²) in [7, 11) is 0. The molecule has 1 aliphatic rings. The zero-order valence-electron chi connectivity index (χ0n) is 10.9. The van der Waals surface area contributed by atoms with E-state index in [0.717, 1.165) is 28.3 Å². The van der Waals surface area contributed by atoms with Crippen molar-refractivity contribution in [1.29, 1.82) is 0 Å². The minimum Gasteiger partial charge on any atom is -0.488 e. The lowest BCUT2D eigenvalue weighted by Crippen LogP contribution is -2.29. The number of hydrogen-bond acceptors (Lipinski definition) is 2. The average molecular weight is 292 g/mol. The molecule has 2 aromatic rings. The molecule has 1 unspecified atom stereocenters. The first-order valence-corrected chi connectivity index (χ1v) is 6.99. The van der Waals surface area contributed by atoms with E-state index in [1.54, 1.807) is 12.1 Å². The van der Waals surface area contributed by atoms with Crippen molar-refractivity contribution in [3.8, 4) is 5.75 Å². The largest absolute Gasteiger partial charge is 0.488 e. The third-order valence-electron chi connectivity index (χ3n) is 3.41. The fraction of sp³-hybridized carbons (Fsp3) is 0.250. The molecular weight excluding hydrogens is 277 g/mol.